The summed E-state index contributed by atoms with van der Waals surface area (Å²) in [5, 5.41) is 0.743. The van der Waals surface area contributed by atoms with Crippen molar-refractivity contribution in [2.75, 3.05) is 5.33 Å². The van der Waals surface area contributed by atoms with E-state index < -0.39 is 15.6 Å². The molecular weight excluding hydrogens is 346 g/mol. The molecule has 0 saturated carbocycles. The maximum atomic E-state index is 12.1. The molecule has 0 radical (unpaired) electrons. The molecule has 0 amide bonds. The second-order valence-electron chi connectivity index (χ2n) is 4.45. The summed E-state index contributed by atoms with van der Waals surface area (Å²) in [6.45, 7) is 5.50. The number of hydrogen-bond acceptors (Lipinski definition) is 3. The molecule has 1 N–H and O–H groups in total. The van der Waals surface area contributed by atoms with Gasteiger partial charge in [0.15, 0.2) is 0 Å². The molecule has 1 heterocycles. The molecule has 0 aliphatic carbocycles. The fourth-order valence-electron chi connectivity index (χ4n) is 1.27. The highest BCUT2D eigenvalue weighted by atomic mass is 79.9. The quantitative estimate of drug-likeness (QED) is 0.816. The summed E-state index contributed by atoms with van der Waals surface area (Å²) in [5.41, 5.74) is 0.308. The van der Waals surface area contributed by atoms with Gasteiger partial charge in [0.05, 0.1) is 4.34 Å². The Morgan fingerprint density at radius 3 is 2.53 bits per heavy atom. The van der Waals surface area contributed by atoms with Crippen LogP contribution in [-0.2, 0) is 10.0 Å². The van der Waals surface area contributed by atoms with Crippen molar-refractivity contribution in [3.8, 4) is 0 Å². The second-order valence-corrected chi connectivity index (χ2v) is 8.81. The van der Waals surface area contributed by atoms with E-state index in [-0.39, 0.29) is 4.21 Å². The van der Waals surface area contributed by atoms with Crippen LogP contribution in [0.3, 0.4) is 0 Å². The molecule has 1 aromatic heterocycles. The molecule has 0 spiro atoms. The molecule has 3 nitrogen and oxygen atoms in total. The lowest BCUT2D eigenvalue weighted by Gasteiger charge is -2.24. The summed E-state index contributed by atoms with van der Waals surface area (Å²) in [6, 6.07) is 1.60. The van der Waals surface area contributed by atoms with Crippen LogP contribution < -0.4 is 4.72 Å². The van der Waals surface area contributed by atoms with Crippen LogP contribution in [0.5, 0.6) is 0 Å². The van der Waals surface area contributed by atoms with E-state index in [0.717, 1.165) is 22.2 Å². The van der Waals surface area contributed by atoms with Crippen LogP contribution >= 0.6 is 38.9 Å². The van der Waals surface area contributed by atoms with Crippen molar-refractivity contribution in [3.05, 3.63) is 16.0 Å². The Kier molecular flexibility index (Phi) is 5.06. The molecule has 0 fully saturated rings. The van der Waals surface area contributed by atoms with Gasteiger partial charge in [0, 0.05) is 10.9 Å². The minimum atomic E-state index is -3.48. The predicted molar refractivity (Wildman–Crippen MR) is 76.9 cm³/mol. The van der Waals surface area contributed by atoms with Gasteiger partial charge >= 0.3 is 0 Å². The van der Waals surface area contributed by atoms with Crippen LogP contribution in [0, 0.1) is 6.92 Å². The molecule has 0 atom stereocenters. The van der Waals surface area contributed by atoms with E-state index in [2.05, 4.69) is 20.7 Å². The third-order valence-electron chi connectivity index (χ3n) is 2.23. The molecule has 98 valence electrons. The molecule has 0 aliphatic heterocycles. The van der Waals surface area contributed by atoms with Gasteiger partial charge in [0.2, 0.25) is 0 Å². The van der Waals surface area contributed by atoms with Crippen LogP contribution in [0.1, 0.15) is 25.8 Å². The van der Waals surface area contributed by atoms with E-state index in [4.69, 9.17) is 11.6 Å². The largest absolute Gasteiger partial charge is 0.250 e. The van der Waals surface area contributed by atoms with Gasteiger partial charge in [-0.15, -0.1) is 11.3 Å². The second kappa shape index (κ2) is 5.57. The van der Waals surface area contributed by atoms with Gasteiger partial charge < -0.3 is 0 Å². The topological polar surface area (TPSA) is 46.2 Å². The standard InChI is InChI=1S/C10H15BrClNO2S2/c1-7-6-8(16-9(7)12)17(14,15)13-10(2,3)4-5-11/h6,13H,4-5H2,1-3H3. The molecule has 17 heavy (non-hydrogen) atoms. The molecule has 0 unspecified atom stereocenters. The SMILES string of the molecule is Cc1cc(S(=O)(=O)NC(C)(C)CCBr)sc1Cl. The number of alkyl halides is 1. The number of nitrogens with one attached hydrogen (secondary N) is 1. The lowest BCUT2D eigenvalue weighted by molar-refractivity contribution is 0.444. The van der Waals surface area contributed by atoms with E-state index in [0.29, 0.717) is 10.8 Å². The van der Waals surface area contributed by atoms with Crippen LogP contribution in [0.25, 0.3) is 0 Å². The maximum absolute atomic E-state index is 12.1. The fraction of sp³-hybridized carbons (Fsp3) is 0.600. The fourth-order valence-corrected chi connectivity index (χ4v) is 5.41. The van der Waals surface area contributed by atoms with Gasteiger partial charge in [-0.2, -0.15) is 0 Å². The lowest BCUT2D eigenvalue weighted by atomic mass is 10.0. The summed E-state index contributed by atoms with van der Waals surface area (Å²) in [7, 11) is -3.48. The van der Waals surface area contributed by atoms with Gasteiger partial charge in [-0.1, -0.05) is 27.5 Å². The zero-order valence-electron chi connectivity index (χ0n) is 9.88. The highest BCUT2D eigenvalue weighted by molar-refractivity contribution is 9.09. The Hall–Kier alpha value is 0.380. The Labute approximate surface area is 120 Å². The highest BCUT2D eigenvalue weighted by Crippen LogP contribution is 2.30. The van der Waals surface area contributed by atoms with Crippen molar-refractivity contribution in [3.63, 3.8) is 0 Å². The number of aryl methyl sites for hydroxylation is 1. The van der Waals surface area contributed by atoms with E-state index in [1.807, 2.05) is 13.8 Å². The monoisotopic (exact) mass is 359 g/mol. The first-order valence-electron chi connectivity index (χ1n) is 5.04. The molecular formula is C10H15BrClNO2S2. The third-order valence-corrected chi connectivity index (χ3v) is 6.35. The average Bonchev–Trinajstić information content (AvgIpc) is 2.45. The average molecular weight is 361 g/mol. The molecule has 1 aromatic rings. The Morgan fingerprint density at radius 2 is 2.12 bits per heavy atom. The third kappa shape index (κ3) is 4.21. The Balaban J connectivity index is 2.97. The Morgan fingerprint density at radius 1 is 1.53 bits per heavy atom. The van der Waals surface area contributed by atoms with Crippen molar-refractivity contribution in [1.29, 1.82) is 0 Å². The van der Waals surface area contributed by atoms with Gasteiger partial charge in [-0.3, -0.25) is 0 Å². The molecule has 7 heteroatoms. The summed E-state index contributed by atoms with van der Waals surface area (Å²) < 4.78 is 27.7. The highest BCUT2D eigenvalue weighted by Gasteiger charge is 2.27. The first kappa shape index (κ1) is 15.4. The summed E-state index contributed by atoms with van der Waals surface area (Å²) in [5.74, 6) is 0. The number of thiophene rings is 1. The summed E-state index contributed by atoms with van der Waals surface area (Å²) >= 11 is 10.3. The first-order chi connectivity index (χ1) is 7.68. The van der Waals surface area contributed by atoms with Gasteiger partial charge in [0.25, 0.3) is 10.0 Å². The van der Waals surface area contributed by atoms with Gasteiger partial charge in [-0.25, -0.2) is 13.1 Å². The molecule has 0 aromatic carbocycles. The molecule has 0 bridgehead atoms. The van der Waals surface area contributed by atoms with Crippen LogP contribution in [0.15, 0.2) is 10.3 Å². The van der Waals surface area contributed by atoms with E-state index in [9.17, 15) is 8.42 Å². The number of halogens is 2. The molecule has 0 saturated heterocycles. The van der Waals surface area contributed by atoms with Crippen molar-refractivity contribution in [2.24, 2.45) is 0 Å². The number of hydrogen-bond donors (Lipinski definition) is 1. The number of rotatable bonds is 5. The zero-order valence-corrected chi connectivity index (χ0v) is 13.9. The Bertz CT molecular complexity index is 477. The first-order valence-corrected chi connectivity index (χ1v) is 8.84. The van der Waals surface area contributed by atoms with E-state index in [1.165, 1.54) is 0 Å². The smallest absolute Gasteiger partial charge is 0.206 e. The van der Waals surface area contributed by atoms with Crippen molar-refractivity contribution < 1.29 is 8.42 Å². The van der Waals surface area contributed by atoms with Crippen molar-refractivity contribution in [2.45, 2.75) is 36.9 Å². The van der Waals surface area contributed by atoms with Crippen LogP contribution in [0.2, 0.25) is 4.34 Å². The maximum Gasteiger partial charge on any atom is 0.250 e. The van der Waals surface area contributed by atoms with Crippen molar-refractivity contribution >= 4 is 48.9 Å². The molecule has 0 aliphatic rings. The van der Waals surface area contributed by atoms with Crippen LogP contribution in [-0.4, -0.2) is 19.3 Å². The van der Waals surface area contributed by atoms with Crippen molar-refractivity contribution in [1.82, 2.24) is 4.72 Å². The molecule has 1 rings (SSSR count). The minimum absolute atomic E-state index is 0.266. The van der Waals surface area contributed by atoms with E-state index >= 15 is 0 Å². The zero-order chi connectivity index (χ0) is 13.3. The predicted octanol–water partition coefficient (Wildman–Crippen LogP) is 3.55. The van der Waals surface area contributed by atoms with Crippen LogP contribution in [0.4, 0.5) is 0 Å². The normalized spacial score (nSPS) is 13.0. The lowest BCUT2D eigenvalue weighted by Crippen LogP contribution is -2.43. The minimum Gasteiger partial charge on any atom is -0.206 e. The summed E-state index contributed by atoms with van der Waals surface area (Å²) in [4.78, 5) is 0. The van der Waals surface area contributed by atoms with Gasteiger partial charge in [-0.05, 0) is 38.8 Å². The van der Waals surface area contributed by atoms with Gasteiger partial charge in [0.1, 0.15) is 4.21 Å². The summed E-state index contributed by atoms with van der Waals surface area (Å²) in [6.07, 6.45) is 0.713. The van der Waals surface area contributed by atoms with E-state index in [1.54, 1.807) is 13.0 Å². The number of sulfonamides is 1.